The van der Waals surface area contributed by atoms with Crippen molar-refractivity contribution in [2.75, 3.05) is 6.61 Å². The number of ketones is 1. The van der Waals surface area contributed by atoms with Crippen LogP contribution in [0.25, 0.3) is 0 Å². The van der Waals surface area contributed by atoms with Crippen molar-refractivity contribution in [3.05, 3.63) is 71.3 Å². The molecule has 4 aliphatic rings. The average Bonchev–Trinajstić information content (AvgIpc) is 2.82. The van der Waals surface area contributed by atoms with Crippen molar-refractivity contribution >= 4 is 17.7 Å². The van der Waals surface area contributed by atoms with Crippen LogP contribution in [0.3, 0.4) is 0 Å². The number of ether oxygens (including phenoxy) is 1. The maximum Gasteiger partial charge on any atom is 0.329 e. The number of carbonyl (C=O) groups excluding carboxylic acids is 3. The SMILES string of the molecule is Cc1ccc(C(=O)COC(=O)C(Cc2ccccc2)NC(=O)C23CC4CC(CC(C4)C2)C3)cc1. The van der Waals surface area contributed by atoms with Crippen molar-refractivity contribution in [3.8, 4) is 0 Å². The van der Waals surface area contributed by atoms with Crippen LogP contribution in [-0.2, 0) is 20.7 Å². The predicted octanol–water partition coefficient (Wildman–Crippen LogP) is 4.66. The second-order valence-corrected chi connectivity index (χ2v) is 10.8. The summed E-state index contributed by atoms with van der Waals surface area (Å²) >= 11 is 0. The van der Waals surface area contributed by atoms with Gasteiger partial charge in [-0.25, -0.2) is 4.79 Å². The Labute approximate surface area is 201 Å². The molecule has 5 nitrogen and oxygen atoms in total. The fourth-order valence-corrected chi connectivity index (χ4v) is 6.80. The zero-order chi connectivity index (χ0) is 23.7. The molecule has 4 bridgehead atoms. The van der Waals surface area contributed by atoms with Gasteiger partial charge < -0.3 is 10.1 Å². The summed E-state index contributed by atoms with van der Waals surface area (Å²) in [5, 5.41) is 3.07. The van der Waals surface area contributed by atoms with Gasteiger partial charge in [0.2, 0.25) is 5.91 Å². The number of esters is 1. The van der Waals surface area contributed by atoms with Crippen molar-refractivity contribution in [3.63, 3.8) is 0 Å². The molecule has 1 amide bonds. The Morgan fingerprint density at radius 3 is 2.09 bits per heavy atom. The summed E-state index contributed by atoms with van der Waals surface area (Å²) < 4.78 is 5.44. The molecule has 1 unspecified atom stereocenters. The van der Waals surface area contributed by atoms with E-state index < -0.39 is 12.0 Å². The van der Waals surface area contributed by atoms with Crippen LogP contribution in [0.15, 0.2) is 54.6 Å². The third-order valence-corrected chi connectivity index (χ3v) is 8.11. The van der Waals surface area contributed by atoms with Crippen molar-refractivity contribution in [2.45, 2.75) is 57.9 Å². The lowest BCUT2D eigenvalue weighted by molar-refractivity contribution is -0.153. The molecule has 4 fully saturated rings. The van der Waals surface area contributed by atoms with E-state index in [1.807, 2.05) is 49.4 Å². The number of rotatable bonds is 8. The number of nitrogens with one attached hydrogen (secondary N) is 1. The highest BCUT2D eigenvalue weighted by atomic mass is 16.5. The van der Waals surface area contributed by atoms with E-state index in [2.05, 4.69) is 5.32 Å². The minimum atomic E-state index is -0.811. The molecule has 0 heterocycles. The van der Waals surface area contributed by atoms with E-state index in [1.165, 1.54) is 19.3 Å². The van der Waals surface area contributed by atoms with Crippen LogP contribution in [0.4, 0.5) is 0 Å². The molecule has 34 heavy (non-hydrogen) atoms. The molecule has 2 aromatic carbocycles. The van der Waals surface area contributed by atoms with Gasteiger partial charge in [0.1, 0.15) is 6.04 Å². The zero-order valence-corrected chi connectivity index (χ0v) is 19.8. The number of Topliss-reactive ketones (excluding diaryl/α,β-unsaturated/α-hetero) is 1. The molecule has 4 aliphatic carbocycles. The molecule has 0 saturated heterocycles. The van der Waals surface area contributed by atoms with Gasteiger partial charge in [0.25, 0.3) is 0 Å². The van der Waals surface area contributed by atoms with E-state index >= 15 is 0 Å². The second kappa shape index (κ2) is 9.36. The van der Waals surface area contributed by atoms with Crippen molar-refractivity contribution in [1.82, 2.24) is 5.32 Å². The molecule has 0 radical (unpaired) electrons. The molecule has 5 heteroatoms. The summed E-state index contributed by atoms with van der Waals surface area (Å²) in [6.45, 7) is 1.62. The van der Waals surface area contributed by atoms with E-state index in [0.29, 0.717) is 29.7 Å². The van der Waals surface area contributed by atoms with E-state index in [-0.39, 0.29) is 23.7 Å². The van der Waals surface area contributed by atoms with Crippen molar-refractivity contribution in [2.24, 2.45) is 23.2 Å². The fraction of sp³-hybridized carbons (Fsp3) is 0.483. The second-order valence-electron chi connectivity index (χ2n) is 10.8. The first-order valence-electron chi connectivity index (χ1n) is 12.5. The third kappa shape index (κ3) is 4.79. The molecule has 0 aliphatic heterocycles. The van der Waals surface area contributed by atoms with Crippen LogP contribution in [-0.4, -0.2) is 30.3 Å². The molecule has 178 valence electrons. The lowest BCUT2D eigenvalue weighted by Gasteiger charge is -2.55. The Bertz CT molecular complexity index is 1020. The highest BCUT2D eigenvalue weighted by Crippen LogP contribution is 2.60. The molecule has 2 aromatic rings. The fourth-order valence-electron chi connectivity index (χ4n) is 6.80. The number of hydrogen-bond donors (Lipinski definition) is 1. The monoisotopic (exact) mass is 459 g/mol. The molecular formula is C29H33NO4. The summed E-state index contributed by atoms with van der Waals surface area (Å²) in [6, 6.07) is 16.0. The van der Waals surface area contributed by atoms with Crippen LogP contribution >= 0.6 is 0 Å². The van der Waals surface area contributed by atoms with E-state index in [0.717, 1.165) is 30.4 Å². The predicted molar refractivity (Wildman–Crippen MR) is 129 cm³/mol. The molecule has 6 rings (SSSR count). The van der Waals surface area contributed by atoms with Gasteiger partial charge in [-0.1, -0.05) is 60.2 Å². The minimum absolute atomic E-state index is 0.00524. The number of carbonyl (C=O) groups is 3. The summed E-state index contributed by atoms with van der Waals surface area (Å²) in [4.78, 5) is 39.2. The van der Waals surface area contributed by atoms with Crippen LogP contribution in [0, 0.1) is 30.1 Å². The molecule has 1 N–H and O–H groups in total. The minimum Gasteiger partial charge on any atom is -0.456 e. The van der Waals surface area contributed by atoms with Gasteiger partial charge in [-0.15, -0.1) is 0 Å². The maximum atomic E-state index is 13.6. The van der Waals surface area contributed by atoms with Crippen LogP contribution in [0.2, 0.25) is 0 Å². The number of benzene rings is 2. The van der Waals surface area contributed by atoms with Gasteiger partial charge in [-0.3, -0.25) is 9.59 Å². The Morgan fingerprint density at radius 2 is 1.50 bits per heavy atom. The number of amides is 1. The normalized spacial score (nSPS) is 27.7. The average molecular weight is 460 g/mol. The van der Waals surface area contributed by atoms with Crippen molar-refractivity contribution < 1.29 is 19.1 Å². The quantitative estimate of drug-likeness (QED) is 0.460. The van der Waals surface area contributed by atoms with Crippen molar-refractivity contribution in [1.29, 1.82) is 0 Å². The summed E-state index contributed by atoms with van der Waals surface area (Å²) in [5.41, 5.74) is 2.17. The summed E-state index contributed by atoms with van der Waals surface area (Å²) in [7, 11) is 0. The van der Waals surface area contributed by atoms with Gasteiger partial charge in [0, 0.05) is 17.4 Å². The van der Waals surface area contributed by atoms with Crippen LogP contribution in [0.1, 0.15) is 60.0 Å². The maximum absolute atomic E-state index is 13.6. The topological polar surface area (TPSA) is 72.5 Å². The third-order valence-electron chi connectivity index (χ3n) is 8.11. The summed E-state index contributed by atoms with van der Waals surface area (Å²) in [6.07, 6.45) is 6.91. The van der Waals surface area contributed by atoms with Gasteiger partial charge in [-0.2, -0.15) is 0 Å². The van der Waals surface area contributed by atoms with Crippen LogP contribution < -0.4 is 5.32 Å². The van der Waals surface area contributed by atoms with Gasteiger partial charge in [0.05, 0.1) is 0 Å². The number of aryl methyl sites for hydroxylation is 1. The highest BCUT2D eigenvalue weighted by molar-refractivity contribution is 5.98. The van der Waals surface area contributed by atoms with E-state index in [4.69, 9.17) is 4.74 Å². The van der Waals surface area contributed by atoms with Gasteiger partial charge >= 0.3 is 5.97 Å². The Balaban J connectivity index is 1.28. The first-order valence-corrected chi connectivity index (χ1v) is 12.5. The van der Waals surface area contributed by atoms with E-state index in [9.17, 15) is 14.4 Å². The highest BCUT2D eigenvalue weighted by Gasteiger charge is 2.55. The Hall–Kier alpha value is -2.95. The molecular weight excluding hydrogens is 426 g/mol. The van der Waals surface area contributed by atoms with Gasteiger partial charge in [0.15, 0.2) is 12.4 Å². The van der Waals surface area contributed by atoms with Gasteiger partial charge in [-0.05, 0) is 68.8 Å². The van der Waals surface area contributed by atoms with E-state index in [1.54, 1.807) is 12.1 Å². The van der Waals surface area contributed by atoms with Crippen LogP contribution in [0.5, 0.6) is 0 Å². The first kappa shape index (κ1) is 22.8. The molecule has 1 atom stereocenters. The zero-order valence-electron chi connectivity index (χ0n) is 19.8. The number of hydrogen-bond acceptors (Lipinski definition) is 4. The molecule has 4 saturated carbocycles. The standard InChI is InChI=1S/C29H33NO4/c1-19-7-9-24(10-8-19)26(31)18-34-27(32)25(14-20-5-3-2-4-6-20)30-28(33)29-15-21-11-22(16-29)13-23(12-21)17-29/h2-10,21-23,25H,11-18H2,1H3,(H,30,33). The largest absolute Gasteiger partial charge is 0.456 e. The first-order chi connectivity index (χ1) is 16.4. The lowest BCUT2D eigenvalue weighted by atomic mass is 9.49. The summed E-state index contributed by atoms with van der Waals surface area (Å²) in [5.74, 6) is 1.12. The Kier molecular flexibility index (Phi) is 6.28. The lowest BCUT2D eigenvalue weighted by Crippen LogP contribution is -2.56. The Morgan fingerprint density at radius 1 is 0.912 bits per heavy atom. The molecule has 0 aromatic heterocycles. The molecule has 0 spiro atoms. The smallest absolute Gasteiger partial charge is 0.329 e.